The van der Waals surface area contributed by atoms with E-state index in [1.807, 2.05) is 25.2 Å². The number of hydrogen-bond donors (Lipinski definition) is 1. The van der Waals surface area contributed by atoms with Crippen LogP contribution in [0.1, 0.15) is 25.2 Å². The second-order valence-corrected chi connectivity index (χ2v) is 6.32. The number of rotatable bonds is 4. The Hall–Kier alpha value is -1.51. The van der Waals surface area contributed by atoms with Crippen molar-refractivity contribution in [3.8, 4) is 0 Å². The van der Waals surface area contributed by atoms with E-state index in [9.17, 15) is 0 Å². The van der Waals surface area contributed by atoms with Gasteiger partial charge in [-0.3, -0.25) is 0 Å². The predicted molar refractivity (Wildman–Crippen MR) is 90.0 cm³/mol. The lowest BCUT2D eigenvalue weighted by Crippen LogP contribution is -2.07. The molecule has 0 unspecified atom stereocenters. The normalized spacial score (nSPS) is 11.9. The van der Waals surface area contributed by atoms with Gasteiger partial charge in [0, 0.05) is 26.7 Å². The number of nitrogens with one attached hydrogen (secondary N) is 1. The lowest BCUT2D eigenvalue weighted by Gasteiger charge is -2.06. The van der Waals surface area contributed by atoms with E-state index in [-0.39, 0.29) is 0 Å². The van der Waals surface area contributed by atoms with Crippen LogP contribution in [0.5, 0.6) is 0 Å². The van der Waals surface area contributed by atoms with Crippen molar-refractivity contribution in [3.05, 3.63) is 46.7 Å². The van der Waals surface area contributed by atoms with Crippen LogP contribution < -0.4 is 5.32 Å². The topological polar surface area (TPSA) is 25.2 Å². The van der Waals surface area contributed by atoms with Gasteiger partial charge in [0.1, 0.15) is 11.3 Å². The maximum absolute atomic E-state index is 6.47. The van der Waals surface area contributed by atoms with Crippen molar-refractivity contribution >= 4 is 33.3 Å². The SMILES string of the molecule is CNCc1oc2c(cc(Cl)c3ccccc32)c1CC(C)C. The third kappa shape index (κ3) is 2.54. The Kier molecular flexibility index (Phi) is 3.92. The fourth-order valence-electron chi connectivity index (χ4n) is 2.91. The van der Waals surface area contributed by atoms with Crippen LogP contribution in [0.4, 0.5) is 0 Å². The van der Waals surface area contributed by atoms with Crippen molar-refractivity contribution in [3.63, 3.8) is 0 Å². The monoisotopic (exact) mass is 301 g/mol. The first-order valence-electron chi connectivity index (χ1n) is 7.38. The van der Waals surface area contributed by atoms with Gasteiger partial charge in [0.2, 0.25) is 0 Å². The molecule has 0 atom stereocenters. The number of benzene rings is 2. The van der Waals surface area contributed by atoms with E-state index in [4.69, 9.17) is 16.0 Å². The first-order chi connectivity index (χ1) is 10.1. The maximum atomic E-state index is 6.47. The molecule has 0 bridgehead atoms. The van der Waals surface area contributed by atoms with Gasteiger partial charge in [-0.2, -0.15) is 0 Å². The Morgan fingerprint density at radius 3 is 2.52 bits per heavy atom. The van der Waals surface area contributed by atoms with Gasteiger partial charge in [-0.15, -0.1) is 0 Å². The molecule has 0 saturated heterocycles. The molecule has 3 heteroatoms. The van der Waals surface area contributed by atoms with Gasteiger partial charge < -0.3 is 9.73 Å². The minimum Gasteiger partial charge on any atom is -0.459 e. The predicted octanol–water partition coefficient (Wildman–Crippen LogP) is 5.16. The minimum atomic E-state index is 0.576. The number of halogens is 1. The maximum Gasteiger partial charge on any atom is 0.142 e. The summed E-state index contributed by atoms with van der Waals surface area (Å²) in [6.07, 6.45) is 0.999. The largest absolute Gasteiger partial charge is 0.459 e. The lowest BCUT2D eigenvalue weighted by molar-refractivity contribution is 0.517. The second kappa shape index (κ2) is 5.70. The highest BCUT2D eigenvalue weighted by molar-refractivity contribution is 6.37. The quantitative estimate of drug-likeness (QED) is 0.720. The highest BCUT2D eigenvalue weighted by atomic mass is 35.5. The number of furan rings is 1. The van der Waals surface area contributed by atoms with Crippen LogP contribution in [-0.4, -0.2) is 7.05 Å². The van der Waals surface area contributed by atoms with Crippen LogP contribution in [0.15, 0.2) is 34.7 Å². The van der Waals surface area contributed by atoms with Gasteiger partial charge >= 0.3 is 0 Å². The molecule has 0 aliphatic rings. The summed E-state index contributed by atoms with van der Waals surface area (Å²) >= 11 is 6.47. The summed E-state index contributed by atoms with van der Waals surface area (Å²) in [6, 6.07) is 10.2. The average molecular weight is 302 g/mol. The molecule has 0 amide bonds. The molecular weight excluding hydrogens is 282 g/mol. The number of hydrogen-bond acceptors (Lipinski definition) is 2. The summed E-state index contributed by atoms with van der Waals surface area (Å²) in [5, 5.41) is 7.28. The number of fused-ring (bicyclic) bond motifs is 3. The highest BCUT2D eigenvalue weighted by Gasteiger charge is 2.18. The van der Waals surface area contributed by atoms with Crippen molar-refractivity contribution in [2.75, 3.05) is 7.05 Å². The van der Waals surface area contributed by atoms with Crippen molar-refractivity contribution in [1.82, 2.24) is 5.32 Å². The molecule has 2 aromatic carbocycles. The molecule has 3 aromatic rings. The molecule has 2 nitrogen and oxygen atoms in total. The highest BCUT2D eigenvalue weighted by Crippen LogP contribution is 2.37. The van der Waals surface area contributed by atoms with Crippen LogP contribution in [0.3, 0.4) is 0 Å². The molecule has 3 rings (SSSR count). The Balaban J connectivity index is 2.35. The molecule has 0 radical (unpaired) electrons. The standard InChI is InChI=1S/C18H20ClNO/c1-11(2)8-14-15-9-16(19)12-6-4-5-7-13(12)18(15)21-17(14)10-20-3/h4-7,9,11,20H,8,10H2,1-3H3. The molecule has 110 valence electrons. The Morgan fingerprint density at radius 2 is 1.86 bits per heavy atom. The van der Waals surface area contributed by atoms with Gasteiger partial charge in [-0.1, -0.05) is 49.7 Å². The summed E-state index contributed by atoms with van der Waals surface area (Å²) in [5.41, 5.74) is 2.23. The smallest absolute Gasteiger partial charge is 0.142 e. The van der Waals surface area contributed by atoms with Gasteiger partial charge in [0.05, 0.1) is 6.54 Å². The Morgan fingerprint density at radius 1 is 1.14 bits per heavy atom. The molecular formula is C18H20ClNO. The molecule has 1 aromatic heterocycles. The van der Waals surface area contributed by atoms with E-state index >= 15 is 0 Å². The third-order valence-electron chi connectivity index (χ3n) is 3.78. The Labute approximate surface area is 130 Å². The zero-order chi connectivity index (χ0) is 15.0. The Bertz CT molecular complexity index is 789. The fourth-order valence-corrected chi connectivity index (χ4v) is 3.18. The van der Waals surface area contributed by atoms with Crippen LogP contribution >= 0.6 is 11.6 Å². The van der Waals surface area contributed by atoms with E-state index in [0.29, 0.717) is 5.92 Å². The zero-order valence-electron chi connectivity index (χ0n) is 12.7. The molecule has 0 saturated carbocycles. The van der Waals surface area contributed by atoms with Crippen molar-refractivity contribution in [2.45, 2.75) is 26.8 Å². The summed E-state index contributed by atoms with van der Waals surface area (Å²) in [5.74, 6) is 1.60. The van der Waals surface area contributed by atoms with Crippen LogP contribution in [0, 0.1) is 5.92 Å². The van der Waals surface area contributed by atoms with E-state index in [1.165, 1.54) is 5.56 Å². The minimum absolute atomic E-state index is 0.576. The van der Waals surface area contributed by atoms with Gasteiger partial charge in [0.25, 0.3) is 0 Å². The van der Waals surface area contributed by atoms with Crippen molar-refractivity contribution < 1.29 is 4.42 Å². The fraction of sp³-hybridized carbons (Fsp3) is 0.333. The van der Waals surface area contributed by atoms with Crippen LogP contribution in [0.25, 0.3) is 21.7 Å². The van der Waals surface area contributed by atoms with Crippen molar-refractivity contribution in [1.29, 1.82) is 0 Å². The molecule has 1 heterocycles. The van der Waals surface area contributed by atoms with Crippen molar-refractivity contribution in [2.24, 2.45) is 5.92 Å². The zero-order valence-corrected chi connectivity index (χ0v) is 13.4. The summed E-state index contributed by atoms with van der Waals surface area (Å²) < 4.78 is 6.19. The van der Waals surface area contributed by atoms with E-state index in [2.05, 4.69) is 31.3 Å². The van der Waals surface area contributed by atoms with E-state index in [0.717, 1.165) is 45.5 Å². The first kappa shape index (κ1) is 14.4. The molecule has 1 N–H and O–H groups in total. The first-order valence-corrected chi connectivity index (χ1v) is 7.75. The van der Waals surface area contributed by atoms with E-state index < -0.39 is 0 Å². The summed E-state index contributed by atoms with van der Waals surface area (Å²) in [7, 11) is 1.94. The van der Waals surface area contributed by atoms with Gasteiger partial charge in [-0.25, -0.2) is 0 Å². The summed E-state index contributed by atoms with van der Waals surface area (Å²) in [4.78, 5) is 0. The summed E-state index contributed by atoms with van der Waals surface area (Å²) in [6.45, 7) is 5.19. The van der Waals surface area contributed by atoms with Crippen LogP contribution in [0.2, 0.25) is 5.02 Å². The van der Waals surface area contributed by atoms with Crippen LogP contribution in [-0.2, 0) is 13.0 Å². The molecule has 0 aliphatic carbocycles. The second-order valence-electron chi connectivity index (χ2n) is 5.91. The van der Waals surface area contributed by atoms with Gasteiger partial charge in [0.15, 0.2) is 0 Å². The molecule has 0 spiro atoms. The molecule has 0 fully saturated rings. The third-order valence-corrected chi connectivity index (χ3v) is 4.09. The average Bonchev–Trinajstić information content (AvgIpc) is 2.78. The van der Waals surface area contributed by atoms with Gasteiger partial charge in [-0.05, 0) is 25.5 Å². The molecule has 0 aliphatic heterocycles. The lowest BCUT2D eigenvalue weighted by atomic mass is 9.98. The molecule has 21 heavy (non-hydrogen) atoms. The van der Waals surface area contributed by atoms with E-state index in [1.54, 1.807) is 0 Å².